The van der Waals surface area contributed by atoms with Crippen LogP contribution < -0.4 is 0 Å². The summed E-state index contributed by atoms with van der Waals surface area (Å²) in [6.07, 6.45) is 1.86. The largest absolute Gasteiger partial charge is 0.481 e. The van der Waals surface area contributed by atoms with Crippen molar-refractivity contribution >= 4 is 15.6 Å². The van der Waals surface area contributed by atoms with E-state index < -0.39 is 15.6 Å². The average Bonchev–Trinajstić information content (AvgIpc) is 2.12. The molecule has 0 heterocycles. The first kappa shape index (κ1) is 18.7. The maximum atomic E-state index is 11.4. The molecule has 0 aromatic carbocycles. The second-order valence-corrected chi connectivity index (χ2v) is 7.18. The van der Waals surface area contributed by atoms with Gasteiger partial charge in [0.15, 0.2) is 0 Å². The maximum Gasteiger partial charge on any atom is 0.481 e. The Labute approximate surface area is 113 Å². The van der Waals surface area contributed by atoms with Gasteiger partial charge < -0.3 is 9.79 Å². The molecule has 0 amide bonds. The van der Waals surface area contributed by atoms with Crippen LogP contribution in [0.3, 0.4) is 0 Å². The fraction of sp³-hybridized carbons (Fsp3) is 0.600. The third-order valence-corrected chi connectivity index (χ3v) is 4.35. The van der Waals surface area contributed by atoms with Crippen LogP contribution >= 0.6 is 15.6 Å². The lowest BCUT2D eigenvalue weighted by molar-refractivity contribution is 0.163. The van der Waals surface area contributed by atoms with E-state index in [2.05, 4.69) is 19.9 Å². The quantitative estimate of drug-likeness (QED) is 0.497. The van der Waals surface area contributed by atoms with Gasteiger partial charge in [-0.1, -0.05) is 17.2 Å². The molecule has 112 valence electrons. The normalized spacial score (nSPS) is 17.3. The highest BCUT2D eigenvalue weighted by Gasteiger charge is 2.34. The molecule has 0 aromatic heterocycles. The zero-order valence-corrected chi connectivity index (χ0v) is 13.0. The summed E-state index contributed by atoms with van der Waals surface area (Å²) in [6, 6.07) is 0. The minimum atomic E-state index is -4.64. The topological polar surface area (TPSA) is 102 Å². The van der Waals surface area contributed by atoms with Gasteiger partial charge in [0.25, 0.3) is 0 Å². The van der Waals surface area contributed by atoms with Crippen LogP contribution in [0.25, 0.3) is 0 Å². The van der Waals surface area contributed by atoms with Gasteiger partial charge in [-0.05, 0) is 27.2 Å². The molecule has 0 radical (unpaired) electrons. The van der Waals surface area contributed by atoms with Crippen LogP contribution in [0.1, 0.15) is 27.2 Å². The molecule has 2 unspecified atom stereocenters. The van der Waals surface area contributed by atoms with Gasteiger partial charge in [-0.3, -0.25) is 9.05 Å². The van der Waals surface area contributed by atoms with Crippen LogP contribution in [-0.2, 0) is 22.5 Å². The van der Waals surface area contributed by atoms with Gasteiger partial charge in [-0.25, -0.2) is 9.13 Å². The summed E-state index contributed by atoms with van der Waals surface area (Å²) in [5.41, 5.74) is 1.61. The van der Waals surface area contributed by atoms with Crippen LogP contribution in [0.15, 0.2) is 23.8 Å². The first-order valence-electron chi connectivity index (χ1n) is 5.48. The molecule has 0 aliphatic rings. The molecule has 0 rings (SSSR count). The Kier molecular flexibility index (Phi) is 8.01. The molecule has 2 atom stereocenters. The second-order valence-electron chi connectivity index (χ2n) is 4.14. The third-order valence-electron chi connectivity index (χ3n) is 1.72. The van der Waals surface area contributed by atoms with Crippen molar-refractivity contribution in [2.75, 3.05) is 13.2 Å². The molecule has 0 spiro atoms. The average molecular weight is 314 g/mol. The van der Waals surface area contributed by atoms with Crippen LogP contribution in [0.5, 0.6) is 0 Å². The molecule has 0 saturated heterocycles. The second kappa shape index (κ2) is 8.12. The molecule has 0 saturated carbocycles. The van der Waals surface area contributed by atoms with Crippen molar-refractivity contribution in [3.05, 3.63) is 23.8 Å². The lowest BCUT2D eigenvalue weighted by atomic mass is 10.3. The number of allylic oxidation sites excluding steroid dienone is 1. The Morgan fingerprint density at radius 3 is 2.16 bits per heavy atom. The van der Waals surface area contributed by atoms with Crippen LogP contribution in [-0.4, -0.2) is 23.0 Å². The lowest BCUT2D eigenvalue weighted by Gasteiger charge is -2.15. The Morgan fingerprint density at radius 2 is 1.68 bits per heavy atom. The summed E-state index contributed by atoms with van der Waals surface area (Å²) in [4.78, 5) is 18.4. The van der Waals surface area contributed by atoms with Gasteiger partial charge in [0.1, 0.15) is 0 Å². The van der Waals surface area contributed by atoms with E-state index in [1.807, 2.05) is 0 Å². The fourth-order valence-corrected chi connectivity index (χ4v) is 2.82. The van der Waals surface area contributed by atoms with Crippen molar-refractivity contribution in [2.45, 2.75) is 27.2 Å². The molecule has 0 fully saturated rings. The molecule has 0 bridgehead atoms. The lowest BCUT2D eigenvalue weighted by Crippen LogP contribution is -1.99. The van der Waals surface area contributed by atoms with Gasteiger partial charge in [-0.15, -0.1) is 6.58 Å². The fourth-order valence-electron chi connectivity index (χ4n) is 0.811. The Morgan fingerprint density at radius 1 is 1.16 bits per heavy atom. The molecule has 7 nitrogen and oxygen atoms in total. The smallest absolute Gasteiger partial charge is 0.302 e. The van der Waals surface area contributed by atoms with Crippen LogP contribution in [0.4, 0.5) is 0 Å². The Bertz CT molecular complexity index is 426. The Hall–Kier alpha value is -0.260. The highest BCUT2D eigenvalue weighted by molar-refractivity contribution is 7.61. The van der Waals surface area contributed by atoms with Gasteiger partial charge in [0.05, 0.1) is 13.2 Å². The minimum absolute atomic E-state index is 0.142. The zero-order valence-electron chi connectivity index (χ0n) is 11.2. The van der Waals surface area contributed by atoms with E-state index in [4.69, 9.17) is 0 Å². The predicted molar refractivity (Wildman–Crippen MR) is 71.5 cm³/mol. The molecule has 0 aliphatic heterocycles. The monoisotopic (exact) mass is 314 g/mol. The molecule has 0 aromatic rings. The van der Waals surface area contributed by atoms with E-state index in [-0.39, 0.29) is 13.2 Å². The number of hydrogen-bond acceptors (Lipinski definition) is 5. The van der Waals surface area contributed by atoms with Crippen molar-refractivity contribution in [1.29, 1.82) is 0 Å². The summed E-state index contributed by atoms with van der Waals surface area (Å²) in [6.45, 7) is 8.48. The van der Waals surface area contributed by atoms with E-state index in [1.165, 1.54) is 6.08 Å². The number of phosphoric ester groups is 2. The summed E-state index contributed by atoms with van der Waals surface area (Å²) in [5, 5.41) is 0. The summed E-state index contributed by atoms with van der Waals surface area (Å²) in [7, 11) is -9.27. The molecular formula is C10H20O7P2. The van der Waals surface area contributed by atoms with Crippen molar-refractivity contribution in [3.8, 4) is 0 Å². The van der Waals surface area contributed by atoms with E-state index >= 15 is 0 Å². The summed E-state index contributed by atoms with van der Waals surface area (Å²) >= 11 is 0. The van der Waals surface area contributed by atoms with Crippen molar-refractivity contribution in [1.82, 2.24) is 0 Å². The first-order valence-corrected chi connectivity index (χ1v) is 8.47. The molecule has 0 aliphatic carbocycles. The van der Waals surface area contributed by atoms with Gasteiger partial charge in [0.2, 0.25) is 0 Å². The van der Waals surface area contributed by atoms with Crippen LogP contribution in [0.2, 0.25) is 0 Å². The SMILES string of the molecule is C=C(C)CCOP(=O)(O)OP(=O)(O)OCC=C(C)C. The third kappa shape index (κ3) is 11.3. The maximum absolute atomic E-state index is 11.4. The van der Waals surface area contributed by atoms with Gasteiger partial charge in [0, 0.05) is 0 Å². The van der Waals surface area contributed by atoms with Crippen molar-refractivity contribution < 1.29 is 32.3 Å². The molecule has 9 heteroatoms. The number of phosphoric acid groups is 2. The standard InChI is InChI=1S/C10H20O7P2/c1-9(2)5-7-15-18(11,12)17-19(13,14)16-8-6-10(3)4/h6H,1,5,7-8H2,2-4H3,(H,11,12)(H,13,14). The highest BCUT2D eigenvalue weighted by Crippen LogP contribution is 2.60. The molecular weight excluding hydrogens is 294 g/mol. The van der Waals surface area contributed by atoms with E-state index in [1.54, 1.807) is 20.8 Å². The Balaban J connectivity index is 4.30. The van der Waals surface area contributed by atoms with Gasteiger partial charge in [-0.2, -0.15) is 4.31 Å². The molecule has 2 N–H and O–H groups in total. The summed E-state index contributed by atoms with van der Waals surface area (Å²) in [5.74, 6) is 0. The van der Waals surface area contributed by atoms with Crippen molar-refractivity contribution in [2.24, 2.45) is 0 Å². The number of hydrogen-bond donors (Lipinski definition) is 2. The highest BCUT2D eigenvalue weighted by atomic mass is 31.3. The molecule has 19 heavy (non-hydrogen) atoms. The predicted octanol–water partition coefficient (Wildman–Crippen LogP) is 3.17. The van der Waals surface area contributed by atoms with Crippen molar-refractivity contribution in [3.63, 3.8) is 0 Å². The summed E-state index contributed by atoms with van der Waals surface area (Å²) < 4.78 is 35.8. The zero-order chi connectivity index (χ0) is 15.1. The minimum Gasteiger partial charge on any atom is -0.302 e. The van der Waals surface area contributed by atoms with Gasteiger partial charge >= 0.3 is 15.6 Å². The van der Waals surface area contributed by atoms with Crippen LogP contribution in [0, 0.1) is 0 Å². The van der Waals surface area contributed by atoms with E-state index in [0.717, 1.165) is 11.1 Å². The van der Waals surface area contributed by atoms with E-state index in [9.17, 15) is 18.9 Å². The van der Waals surface area contributed by atoms with E-state index in [0.29, 0.717) is 6.42 Å². The first-order chi connectivity index (χ1) is 8.54. The number of rotatable bonds is 9.